The highest BCUT2D eigenvalue weighted by atomic mass is 35.5. The van der Waals surface area contributed by atoms with Crippen molar-refractivity contribution < 1.29 is 4.74 Å². The minimum absolute atomic E-state index is 0.354. The van der Waals surface area contributed by atoms with Gasteiger partial charge in [-0.05, 0) is 24.0 Å². The van der Waals surface area contributed by atoms with Gasteiger partial charge in [0.15, 0.2) is 0 Å². The predicted octanol–water partition coefficient (Wildman–Crippen LogP) is 5.84. The molecule has 0 spiro atoms. The number of aromatic nitrogens is 1. The lowest BCUT2D eigenvalue weighted by Crippen LogP contribution is -1.95. The summed E-state index contributed by atoms with van der Waals surface area (Å²) in [4.78, 5) is 5.01. The van der Waals surface area contributed by atoms with Gasteiger partial charge in [0.1, 0.15) is 10.9 Å². The first-order valence-electron chi connectivity index (χ1n) is 6.13. The van der Waals surface area contributed by atoms with Gasteiger partial charge in [-0.2, -0.15) is 4.98 Å². The first-order valence-corrected chi connectivity index (χ1v) is 7.86. The van der Waals surface area contributed by atoms with Crippen LogP contribution in [-0.2, 0) is 5.88 Å². The second-order valence-electron chi connectivity index (χ2n) is 4.28. The Morgan fingerprint density at radius 2 is 2.11 bits per heavy atom. The first kappa shape index (κ1) is 14.6. The number of alkyl halides is 1. The van der Waals surface area contributed by atoms with Gasteiger partial charge in [-0.3, -0.25) is 0 Å². The third kappa shape index (κ3) is 3.41. The molecular weight excluding hydrogens is 301 g/mol. The van der Waals surface area contributed by atoms with Crippen LogP contribution in [0.2, 0.25) is 5.15 Å². The summed E-state index contributed by atoms with van der Waals surface area (Å²) in [5.74, 6) is 1.63. The molecule has 0 amide bonds. The molecule has 2 rings (SSSR count). The fourth-order valence-electron chi connectivity index (χ4n) is 1.73. The molecule has 1 unspecified atom stereocenters. The number of ether oxygens (including phenoxy) is 1. The molecule has 19 heavy (non-hydrogen) atoms. The van der Waals surface area contributed by atoms with Crippen molar-refractivity contribution >= 4 is 34.5 Å². The molecule has 0 saturated carbocycles. The Kier molecular flexibility index (Phi) is 5.08. The maximum absolute atomic E-state index is 5.98. The molecule has 0 aliphatic heterocycles. The van der Waals surface area contributed by atoms with Gasteiger partial charge in [-0.15, -0.1) is 11.6 Å². The van der Waals surface area contributed by atoms with E-state index in [1.54, 1.807) is 0 Å². The number of hydrogen-bond donors (Lipinski definition) is 0. The number of nitrogens with zero attached hydrogens (tertiary/aromatic N) is 1. The van der Waals surface area contributed by atoms with Crippen LogP contribution in [0.3, 0.4) is 0 Å². The van der Waals surface area contributed by atoms with Gasteiger partial charge in [-0.1, -0.05) is 55.0 Å². The van der Waals surface area contributed by atoms with Crippen molar-refractivity contribution in [3.05, 3.63) is 39.9 Å². The van der Waals surface area contributed by atoms with E-state index in [0.29, 0.717) is 22.1 Å². The van der Waals surface area contributed by atoms with E-state index >= 15 is 0 Å². The number of para-hydroxylation sites is 1. The fraction of sp³-hybridized carbons (Fsp3) is 0.357. The minimum atomic E-state index is 0.354. The molecule has 0 radical (unpaired) electrons. The molecule has 2 nitrogen and oxygen atoms in total. The van der Waals surface area contributed by atoms with Crippen molar-refractivity contribution in [1.29, 1.82) is 0 Å². The van der Waals surface area contributed by atoms with Crippen LogP contribution >= 0.6 is 34.5 Å². The van der Waals surface area contributed by atoms with Crippen LogP contribution in [0.25, 0.3) is 0 Å². The highest BCUT2D eigenvalue weighted by Crippen LogP contribution is 2.36. The van der Waals surface area contributed by atoms with E-state index in [9.17, 15) is 0 Å². The van der Waals surface area contributed by atoms with Crippen LogP contribution in [0.5, 0.6) is 10.9 Å². The summed E-state index contributed by atoms with van der Waals surface area (Å²) in [7, 11) is 0. The lowest BCUT2D eigenvalue weighted by molar-refractivity contribution is 0.467. The minimum Gasteiger partial charge on any atom is -0.431 e. The maximum Gasteiger partial charge on any atom is 0.280 e. The van der Waals surface area contributed by atoms with Crippen LogP contribution < -0.4 is 4.74 Å². The average Bonchev–Trinajstić information content (AvgIpc) is 2.78. The van der Waals surface area contributed by atoms with E-state index in [1.807, 2.05) is 18.2 Å². The number of thiazole rings is 1. The van der Waals surface area contributed by atoms with E-state index in [4.69, 9.17) is 27.9 Å². The standard InChI is InChI=1S/C14H15Cl2NOS/c1-3-9(2)10-6-4-5-7-11(10)18-14-17-13(16)12(8-15)19-14/h4-7,9H,3,8H2,1-2H3. The Morgan fingerprint density at radius 3 is 2.74 bits per heavy atom. The number of hydrogen-bond acceptors (Lipinski definition) is 3. The summed E-state index contributed by atoms with van der Waals surface area (Å²) >= 11 is 13.1. The zero-order valence-corrected chi connectivity index (χ0v) is 13.1. The largest absolute Gasteiger partial charge is 0.431 e. The number of benzene rings is 1. The number of halogens is 2. The normalized spacial score (nSPS) is 12.4. The van der Waals surface area contributed by atoms with Crippen LogP contribution in [0.1, 0.15) is 36.6 Å². The first-order chi connectivity index (χ1) is 9.15. The van der Waals surface area contributed by atoms with Crippen molar-refractivity contribution in [3.63, 3.8) is 0 Å². The quantitative estimate of drug-likeness (QED) is 0.646. The summed E-state index contributed by atoms with van der Waals surface area (Å²) in [6, 6.07) is 8.02. The van der Waals surface area contributed by atoms with E-state index < -0.39 is 0 Å². The van der Waals surface area contributed by atoms with E-state index in [1.165, 1.54) is 16.9 Å². The molecule has 102 valence electrons. The van der Waals surface area contributed by atoms with Crippen molar-refractivity contribution in [2.24, 2.45) is 0 Å². The van der Waals surface area contributed by atoms with Crippen molar-refractivity contribution in [1.82, 2.24) is 4.98 Å². The second-order valence-corrected chi connectivity index (χ2v) is 5.95. The molecular formula is C14H15Cl2NOS. The zero-order chi connectivity index (χ0) is 13.8. The Labute approximate surface area is 127 Å². The zero-order valence-electron chi connectivity index (χ0n) is 10.8. The van der Waals surface area contributed by atoms with E-state index in [2.05, 4.69) is 24.9 Å². The van der Waals surface area contributed by atoms with Gasteiger partial charge in [0.05, 0.1) is 10.8 Å². The molecule has 5 heteroatoms. The van der Waals surface area contributed by atoms with Gasteiger partial charge >= 0.3 is 0 Å². The fourth-order valence-corrected chi connectivity index (χ4v) is 3.07. The van der Waals surface area contributed by atoms with E-state index in [0.717, 1.165) is 17.0 Å². The van der Waals surface area contributed by atoms with Gasteiger partial charge in [0.25, 0.3) is 5.19 Å². The third-order valence-electron chi connectivity index (χ3n) is 3.01. The molecule has 0 bridgehead atoms. The molecule has 1 aromatic heterocycles. The van der Waals surface area contributed by atoms with E-state index in [-0.39, 0.29) is 0 Å². The summed E-state index contributed by atoms with van der Waals surface area (Å²) in [6.45, 7) is 4.34. The molecule has 2 aromatic rings. The smallest absolute Gasteiger partial charge is 0.280 e. The summed E-state index contributed by atoms with van der Waals surface area (Å²) in [5.41, 5.74) is 1.18. The maximum atomic E-state index is 5.98. The summed E-state index contributed by atoms with van der Waals surface area (Å²) in [6.07, 6.45) is 1.06. The average molecular weight is 316 g/mol. The van der Waals surface area contributed by atoms with Gasteiger partial charge in [0.2, 0.25) is 0 Å². The van der Waals surface area contributed by atoms with Crippen LogP contribution in [-0.4, -0.2) is 4.98 Å². The topological polar surface area (TPSA) is 22.1 Å². The summed E-state index contributed by atoms with van der Waals surface area (Å²) < 4.78 is 5.86. The monoisotopic (exact) mass is 315 g/mol. The molecule has 0 fully saturated rings. The van der Waals surface area contributed by atoms with Gasteiger partial charge < -0.3 is 4.74 Å². The Morgan fingerprint density at radius 1 is 1.37 bits per heavy atom. The highest BCUT2D eigenvalue weighted by molar-refractivity contribution is 7.14. The second kappa shape index (κ2) is 6.60. The lowest BCUT2D eigenvalue weighted by Gasteiger charge is -2.13. The predicted molar refractivity (Wildman–Crippen MR) is 81.9 cm³/mol. The number of rotatable bonds is 5. The third-order valence-corrected chi connectivity index (χ3v) is 4.79. The Hall–Kier alpha value is -0.770. The SMILES string of the molecule is CCC(C)c1ccccc1Oc1nc(Cl)c(CCl)s1. The molecule has 0 N–H and O–H groups in total. The molecule has 1 heterocycles. The molecule has 0 aliphatic carbocycles. The van der Waals surface area contributed by atoms with Crippen molar-refractivity contribution in [2.75, 3.05) is 0 Å². The van der Waals surface area contributed by atoms with Crippen LogP contribution in [0, 0.1) is 0 Å². The molecule has 0 aliphatic rings. The summed E-state index contributed by atoms with van der Waals surface area (Å²) in [5, 5.41) is 0.965. The van der Waals surface area contributed by atoms with Gasteiger partial charge in [-0.25, -0.2) is 0 Å². The highest BCUT2D eigenvalue weighted by Gasteiger charge is 2.14. The Bertz CT molecular complexity index is 556. The lowest BCUT2D eigenvalue weighted by atomic mass is 9.98. The van der Waals surface area contributed by atoms with Crippen LogP contribution in [0.4, 0.5) is 0 Å². The molecule has 1 aromatic carbocycles. The van der Waals surface area contributed by atoms with Crippen LogP contribution in [0.15, 0.2) is 24.3 Å². The van der Waals surface area contributed by atoms with Gasteiger partial charge in [0, 0.05) is 0 Å². The molecule has 0 saturated heterocycles. The van der Waals surface area contributed by atoms with Crippen molar-refractivity contribution in [2.45, 2.75) is 32.1 Å². The Balaban J connectivity index is 2.27. The van der Waals surface area contributed by atoms with Crippen molar-refractivity contribution in [3.8, 4) is 10.9 Å². The molecule has 1 atom stereocenters.